The van der Waals surface area contributed by atoms with E-state index in [1.54, 1.807) is 30.9 Å². The number of rotatable bonds is 4. The average molecular weight is 366 g/mol. The molecule has 2 aliphatic heterocycles. The lowest BCUT2D eigenvalue weighted by Crippen LogP contribution is -2.49. The Balaban J connectivity index is 1.65. The van der Waals surface area contributed by atoms with E-state index in [1.807, 2.05) is 12.1 Å². The molecule has 2 heterocycles. The van der Waals surface area contributed by atoms with E-state index in [1.165, 1.54) is 0 Å². The second-order valence-corrected chi connectivity index (χ2v) is 9.10. The molecule has 0 unspecified atom stereocenters. The number of carbonyl (C=O) groups excluding carboxylic acids is 2. The molecular formula is C17H22N2O5S. The summed E-state index contributed by atoms with van der Waals surface area (Å²) in [5.41, 5.74) is -0.0797. The van der Waals surface area contributed by atoms with Crippen LogP contribution in [0.2, 0.25) is 0 Å². The molecule has 0 radical (unpaired) electrons. The lowest BCUT2D eigenvalue weighted by molar-refractivity contribution is -0.125. The number of anilines is 1. The average Bonchev–Trinajstić information content (AvgIpc) is 2.81. The van der Waals surface area contributed by atoms with Crippen LogP contribution in [0.3, 0.4) is 0 Å². The highest BCUT2D eigenvalue weighted by atomic mass is 32.2. The summed E-state index contributed by atoms with van der Waals surface area (Å²) < 4.78 is 28.8. The molecular weight excluding hydrogens is 344 g/mol. The fraction of sp³-hybridized carbons (Fsp3) is 0.529. The zero-order valence-electron chi connectivity index (χ0n) is 14.3. The second-order valence-electron chi connectivity index (χ2n) is 6.92. The molecule has 0 bridgehead atoms. The number of benzene rings is 1. The summed E-state index contributed by atoms with van der Waals surface area (Å²) in [5, 5.41) is 2.81. The molecule has 136 valence electrons. The van der Waals surface area contributed by atoms with Crippen molar-refractivity contribution in [3.05, 3.63) is 24.3 Å². The maximum Gasteiger partial charge on any atom is 0.267 e. The van der Waals surface area contributed by atoms with Gasteiger partial charge in [0, 0.05) is 13.0 Å². The van der Waals surface area contributed by atoms with Crippen LogP contribution in [-0.2, 0) is 19.4 Å². The third kappa shape index (κ3) is 3.78. The molecule has 1 N–H and O–H groups in total. The first-order valence-electron chi connectivity index (χ1n) is 8.28. The maximum absolute atomic E-state index is 12.4. The third-order valence-electron chi connectivity index (χ3n) is 4.58. The van der Waals surface area contributed by atoms with Crippen LogP contribution in [0, 0.1) is 0 Å². The number of ether oxygens (including phenoxy) is 1. The van der Waals surface area contributed by atoms with Gasteiger partial charge in [-0.3, -0.25) is 9.59 Å². The van der Waals surface area contributed by atoms with Gasteiger partial charge in [0.1, 0.15) is 5.75 Å². The lowest BCUT2D eigenvalue weighted by Gasteiger charge is -2.33. The van der Waals surface area contributed by atoms with Crippen molar-refractivity contribution in [2.45, 2.75) is 38.3 Å². The Kier molecular flexibility index (Phi) is 4.49. The van der Waals surface area contributed by atoms with Gasteiger partial charge >= 0.3 is 0 Å². The molecule has 2 aliphatic rings. The first kappa shape index (κ1) is 17.7. The highest BCUT2D eigenvalue weighted by molar-refractivity contribution is 7.91. The van der Waals surface area contributed by atoms with E-state index in [2.05, 4.69) is 5.32 Å². The van der Waals surface area contributed by atoms with Crippen molar-refractivity contribution in [2.75, 3.05) is 23.0 Å². The van der Waals surface area contributed by atoms with Crippen molar-refractivity contribution in [1.29, 1.82) is 0 Å². The van der Waals surface area contributed by atoms with Crippen molar-refractivity contribution in [2.24, 2.45) is 0 Å². The SMILES string of the molecule is C[C@H]1Oc2ccccc2N(CCC(=O)N[C@@]2(C)CCS(=O)(=O)C2)C1=O. The van der Waals surface area contributed by atoms with Crippen LogP contribution in [0.4, 0.5) is 5.69 Å². The van der Waals surface area contributed by atoms with E-state index in [0.717, 1.165) is 0 Å². The van der Waals surface area contributed by atoms with Gasteiger partial charge in [-0.25, -0.2) is 8.42 Å². The fourth-order valence-electron chi connectivity index (χ4n) is 3.31. The van der Waals surface area contributed by atoms with E-state index in [0.29, 0.717) is 17.9 Å². The third-order valence-corrected chi connectivity index (χ3v) is 6.48. The summed E-state index contributed by atoms with van der Waals surface area (Å²) in [7, 11) is -3.09. The molecule has 7 nitrogen and oxygen atoms in total. The zero-order chi connectivity index (χ0) is 18.2. The van der Waals surface area contributed by atoms with Crippen molar-refractivity contribution in [3.8, 4) is 5.75 Å². The van der Waals surface area contributed by atoms with E-state index in [-0.39, 0.29) is 36.3 Å². The number of hydrogen-bond donors (Lipinski definition) is 1. The number of carbonyl (C=O) groups is 2. The molecule has 0 spiro atoms. The van der Waals surface area contributed by atoms with Crippen molar-refractivity contribution < 1.29 is 22.7 Å². The molecule has 1 aromatic carbocycles. The van der Waals surface area contributed by atoms with Gasteiger partial charge in [0.05, 0.1) is 22.7 Å². The molecule has 2 atom stereocenters. The number of fused-ring (bicyclic) bond motifs is 1. The minimum Gasteiger partial charge on any atom is -0.479 e. The number of para-hydroxylation sites is 2. The van der Waals surface area contributed by atoms with Crippen LogP contribution in [0.1, 0.15) is 26.7 Å². The molecule has 25 heavy (non-hydrogen) atoms. The van der Waals surface area contributed by atoms with Gasteiger partial charge in [-0.05, 0) is 32.4 Å². The normalized spacial score (nSPS) is 27.5. The summed E-state index contributed by atoms with van der Waals surface area (Å²) in [5.74, 6) is 0.215. The monoisotopic (exact) mass is 366 g/mol. The number of amides is 2. The Labute approximate surface area is 147 Å². The molecule has 1 fully saturated rings. The van der Waals surface area contributed by atoms with Gasteiger partial charge in [-0.15, -0.1) is 0 Å². The quantitative estimate of drug-likeness (QED) is 0.854. The van der Waals surface area contributed by atoms with Gasteiger partial charge in [0.25, 0.3) is 5.91 Å². The van der Waals surface area contributed by atoms with E-state index < -0.39 is 21.5 Å². The number of sulfone groups is 1. The first-order valence-corrected chi connectivity index (χ1v) is 10.1. The minimum absolute atomic E-state index is 0.0396. The number of hydrogen-bond acceptors (Lipinski definition) is 5. The van der Waals surface area contributed by atoms with Crippen LogP contribution >= 0.6 is 0 Å². The van der Waals surface area contributed by atoms with Gasteiger partial charge in [0.15, 0.2) is 15.9 Å². The topological polar surface area (TPSA) is 92.8 Å². The Hall–Kier alpha value is -2.09. The van der Waals surface area contributed by atoms with E-state index in [4.69, 9.17) is 4.74 Å². The van der Waals surface area contributed by atoms with Crippen molar-refractivity contribution in [3.63, 3.8) is 0 Å². The number of nitrogens with one attached hydrogen (secondary N) is 1. The Bertz CT molecular complexity index is 807. The van der Waals surface area contributed by atoms with Gasteiger partial charge in [0.2, 0.25) is 5.91 Å². The molecule has 0 aliphatic carbocycles. The maximum atomic E-state index is 12.4. The largest absolute Gasteiger partial charge is 0.479 e. The zero-order valence-corrected chi connectivity index (χ0v) is 15.1. The highest BCUT2D eigenvalue weighted by Gasteiger charge is 2.39. The molecule has 0 aromatic heterocycles. The molecule has 1 saturated heterocycles. The van der Waals surface area contributed by atoms with Crippen LogP contribution < -0.4 is 15.0 Å². The van der Waals surface area contributed by atoms with Crippen molar-refractivity contribution in [1.82, 2.24) is 5.32 Å². The number of nitrogens with zero attached hydrogens (tertiary/aromatic N) is 1. The van der Waals surface area contributed by atoms with E-state index >= 15 is 0 Å². The van der Waals surface area contributed by atoms with Crippen LogP contribution in [0.25, 0.3) is 0 Å². The summed E-state index contributed by atoms with van der Waals surface area (Å²) in [6, 6.07) is 7.20. The first-order chi connectivity index (χ1) is 11.7. The predicted octanol–water partition coefficient (Wildman–Crippen LogP) is 0.884. The van der Waals surface area contributed by atoms with Gasteiger partial charge in [-0.2, -0.15) is 0 Å². The highest BCUT2D eigenvalue weighted by Crippen LogP contribution is 2.33. The minimum atomic E-state index is -3.09. The Morgan fingerprint density at radius 1 is 1.40 bits per heavy atom. The molecule has 2 amide bonds. The fourth-order valence-corrected chi connectivity index (χ4v) is 5.40. The van der Waals surface area contributed by atoms with Crippen molar-refractivity contribution >= 4 is 27.3 Å². The van der Waals surface area contributed by atoms with Crippen LogP contribution in [0.15, 0.2) is 24.3 Å². The standard InChI is InChI=1S/C17H22N2O5S/c1-12-16(21)19(13-5-3-4-6-14(13)24-12)9-7-15(20)18-17(2)8-10-25(22,23)11-17/h3-6,12H,7-11H2,1-2H3,(H,18,20)/t12-,17+/m1/s1. The summed E-state index contributed by atoms with van der Waals surface area (Å²) in [6.45, 7) is 3.64. The summed E-state index contributed by atoms with van der Waals surface area (Å²) >= 11 is 0. The predicted molar refractivity (Wildman–Crippen MR) is 93.3 cm³/mol. The Morgan fingerprint density at radius 3 is 2.80 bits per heavy atom. The molecule has 1 aromatic rings. The van der Waals surface area contributed by atoms with Crippen LogP contribution in [-0.4, -0.2) is 49.9 Å². The van der Waals surface area contributed by atoms with Gasteiger partial charge in [-0.1, -0.05) is 12.1 Å². The summed E-state index contributed by atoms with van der Waals surface area (Å²) in [4.78, 5) is 26.2. The smallest absolute Gasteiger partial charge is 0.267 e. The lowest BCUT2D eigenvalue weighted by atomic mass is 10.0. The van der Waals surface area contributed by atoms with Crippen LogP contribution in [0.5, 0.6) is 5.75 Å². The molecule has 3 rings (SSSR count). The second kappa shape index (κ2) is 6.33. The molecule has 8 heteroatoms. The van der Waals surface area contributed by atoms with E-state index in [9.17, 15) is 18.0 Å². The Morgan fingerprint density at radius 2 is 2.12 bits per heavy atom. The summed E-state index contributed by atoms with van der Waals surface area (Å²) in [6.07, 6.45) is -0.0877. The van der Waals surface area contributed by atoms with Gasteiger partial charge < -0.3 is 15.0 Å². The molecule has 0 saturated carbocycles.